The molecule has 2 heterocycles. The van der Waals surface area contributed by atoms with Gasteiger partial charge in [-0.1, -0.05) is 0 Å². The molecule has 1 aromatic heterocycles. The third kappa shape index (κ3) is 2.21. The molecule has 0 radical (unpaired) electrons. The summed E-state index contributed by atoms with van der Waals surface area (Å²) >= 11 is 0. The van der Waals surface area contributed by atoms with Crippen molar-refractivity contribution in [1.29, 1.82) is 0 Å². The molecule has 1 N–H and O–H groups in total. The minimum absolute atomic E-state index is 0.938. The first kappa shape index (κ1) is 13.2. The maximum absolute atomic E-state index is 4.73. The van der Waals surface area contributed by atoms with Crippen LogP contribution in [0.2, 0.25) is 0 Å². The monoisotopic (exact) mass is 269 g/mol. The van der Waals surface area contributed by atoms with Crippen molar-refractivity contribution in [3.8, 4) is 0 Å². The highest BCUT2D eigenvalue weighted by Gasteiger charge is 2.15. The maximum Gasteiger partial charge on any atom is 0.0727 e. The van der Waals surface area contributed by atoms with Crippen molar-refractivity contribution < 1.29 is 0 Å². The molecule has 20 heavy (non-hydrogen) atoms. The molecule has 2 aromatic rings. The van der Waals surface area contributed by atoms with E-state index in [0.29, 0.717) is 0 Å². The molecule has 0 spiro atoms. The smallest absolute Gasteiger partial charge is 0.0727 e. The first-order chi connectivity index (χ1) is 9.70. The van der Waals surface area contributed by atoms with E-state index in [1.54, 1.807) is 0 Å². The van der Waals surface area contributed by atoms with Crippen molar-refractivity contribution in [2.24, 2.45) is 0 Å². The molecule has 0 bridgehead atoms. The van der Waals surface area contributed by atoms with Crippen molar-refractivity contribution in [1.82, 2.24) is 4.98 Å². The van der Waals surface area contributed by atoms with Gasteiger partial charge >= 0.3 is 0 Å². The van der Waals surface area contributed by atoms with Gasteiger partial charge in [0, 0.05) is 42.1 Å². The van der Waals surface area contributed by atoms with Crippen molar-refractivity contribution in [3.05, 3.63) is 29.5 Å². The Morgan fingerprint density at radius 1 is 1.20 bits per heavy atom. The molecular formula is C17H23N3. The lowest BCUT2D eigenvalue weighted by molar-refractivity contribution is 0.949. The van der Waals surface area contributed by atoms with E-state index in [0.717, 1.165) is 17.8 Å². The molecule has 0 unspecified atom stereocenters. The highest BCUT2D eigenvalue weighted by molar-refractivity contribution is 5.95. The molecule has 3 heteroatoms. The van der Waals surface area contributed by atoms with Crippen LogP contribution >= 0.6 is 0 Å². The molecule has 1 aliphatic rings. The SMILES string of the molecule is CCNc1c(C)c(C)nc2ccc(N3CCCC3)cc12. The minimum Gasteiger partial charge on any atom is -0.385 e. The van der Waals surface area contributed by atoms with Gasteiger partial charge in [-0.3, -0.25) is 4.98 Å². The van der Waals surface area contributed by atoms with Gasteiger partial charge in [0.05, 0.1) is 5.52 Å². The quantitative estimate of drug-likeness (QED) is 0.916. The zero-order valence-corrected chi connectivity index (χ0v) is 12.7. The number of aryl methyl sites for hydroxylation is 1. The summed E-state index contributed by atoms with van der Waals surface area (Å²) in [4.78, 5) is 7.20. The van der Waals surface area contributed by atoms with Crippen LogP contribution < -0.4 is 10.2 Å². The Balaban J connectivity index is 2.15. The number of benzene rings is 1. The van der Waals surface area contributed by atoms with Crippen molar-refractivity contribution in [2.75, 3.05) is 29.9 Å². The van der Waals surface area contributed by atoms with E-state index < -0.39 is 0 Å². The van der Waals surface area contributed by atoms with Crippen molar-refractivity contribution in [3.63, 3.8) is 0 Å². The lowest BCUT2D eigenvalue weighted by atomic mass is 10.1. The second kappa shape index (κ2) is 5.31. The second-order valence-electron chi connectivity index (χ2n) is 5.62. The normalized spacial score (nSPS) is 15.1. The average Bonchev–Trinajstić information content (AvgIpc) is 2.98. The highest BCUT2D eigenvalue weighted by atomic mass is 15.1. The summed E-state index contributed by atoms with van der Waals surface area (Å²) < 4.78 is 0. The van der Waals surface area contributed by atoms with Gasteiger partial charge in [0.25, 0.3) is 0 Å². The van der Waals surface area contributed by atoms with Crippen molar-refractivity contribution in [2.45, 2.75) is 33.6 Å². The summed E-state index contributed by atoms with van der Waals surface area (Å²) in [7, 11) is 0. The lowest BCUT2D eigenvalue weighted by Gasteiger charge is -2.20. The number of hydrogen-bond acceptors (Lipinski definition) is 3. The van der Waals surface area contributed by atoms with Crippen LogP contribution in [0.3, 0.4) is 0 Å². The maximum atomic E-state index is 4.73. The third-order valence-corrected chi connectivity index (χ3v) is 4.28. The van der Waals surface area contributed by atoms with Gasteiger partial charge in [0.15, 0.2) is 0 Å². The molecule has 1 saturated heterocycles. The van der Waals surface area contributed by atoms with Crippen LogP contribution in [0, 0.1) is 13.8 Å². The Morgan fingerprint density at radius 2 is 1.95 bits per heavy atom. The molecule has 1 fully saturated rings. The van der Waals surface area contributed by atoms with Crippen LogP contribution in [0.25, 0.3) is 10.9 Å². The Morgan fingerprint density at radius 3 is 2.65 bits per heavy atom. The summed E-state index contributed by atoms with van der Waals surface area (Å²) in [5.74, 6) is 0. The number of nitrogens with zero attached hydrogens (tertiary/aromatic N) is 2. The van der Waals surface area contributed by atoms with Gasteiger partial charge in [-0.25, -0.2) is 0 Å². The van der Waals surface area contributed by atoms with E-state index in [2.05, 4.69) is 49.2 Å². The van der Waals surface area contributed by atoms with E-state index in [1.165, 1.54) is 48.3 Å². The number of aromatic nitrogens is 1. The molecule has 1 aliphatic heterocycles. The van der Waals surface area contributed by atoms with Gasteiger partial charge in [0.2, 0.25) is 0 Å². The first-order valence-corrected chi connectivity index (χ1v) is 7.60. The molecule has 0 saturated carbocycles. The third-order valence-electron chi connectivity index (χ3n) is 4.28. The summed E-state index contributed by atoms with van der Waals surface area (Å²) in [5, 5.41) is 4.77. The number of fused-ring (bicyclic) bond motifs is 1. The fourth-order valence-electron chi connectivity index (χ4n) is 3.05. The number of rotatable bonds is 3. The van der Waals surface area contributed by atoms with Gasteiger partial charge in [-0.05, 0) is 57.4 Å². The molecule has 0 aliphatic carbocycles. The van der Waals surface area contributed by atoms with Crippen LogP contribution in [0.5, 0.6) is 0 Å². The predicted octanol–water partition coefficient (Wildman–Crippen LogP) is 3.88. The van der Waals surface area contributed by atoms with E-state index in [9.17, 15) is 0 Å². The lowest BCUT2D eigenvalue weighted by Crippen LogP contribution is -2.17. The van der Waals surface area contributed by atoms with Gasteiger partial charge in [-0.2, -0.15) is 0 Å². The number of anilines is 2. The van der Waals surface area contributed by atoms with Crippen molar-refractivity contribution >= 4 is 22.3 Å². The Labute approximate surface area is 121 Å². The Bertz CT molecular complexity index is 628. The van der Waals surface area contributed by atoms with Gasteiger partial charge in [0.1, 0.15) is 0 Å². The number of pyridine rings is 1. The van der Waals surface area contributed by atoms with Crippen LogP contribution in [-0.2, 0) is 0 Å². The van der Waals surface area contributed by atoms with Crippen LogP contribution in [0.4, 0.5) is 11.4 Å². The molecule has 0 atom stereocenters. The first-order valence-electron chi connectivity index (χ1n) is 7.60. The van der Waals surface area contributed by atoms with Crippen LogP contribution in [0.15, 0.2) is 18.2 Å². The predicted molar refractivity (Wildman–Crippen MR) is 86.8 cm³/mol. The molecule has 1 aromatic carbocycles. The number of nitrogens with one attached hydrogen (secondary N) is 1. The van der Waals surface area contributed by atoms with Crippen LogP contribution in [0.1, 0.15) is 31.0 Å². The zero-order chi connectivity index (χ0) is 14.1. The van der Waals surface area contributed by atoms with E-state index >= 15 is 0 Å². The Hall–Kier alpha value is -1.77. The molecule has 0 amide bonds. The summed E-state index contributed by atoms with van der Waals surface area (Å²) in [5.41, 5.74) is 6.04. The molecule has 3 nitrogen and oxygen atoms in total. The summed E-state index contributed by atoms with van der Waals surface area (Å²) in [6, 6.07) is 6.68. The standard InChI is InChI=1S/C17H23N3/c1-4-18-17-12(2)13(3)19-16-8-7-14(11-15(16)17)20-9-5-6-10-20/h7-8,11H,4-6,9-10H2,1-3H3,(H,18,19). The summed E-state index contributed by atoms with van der Waals surface area (Å²) in [6.07, 6.45) is 2.62. The topological polar surface area (TPSA) is 28.2 Å². The van der Waals surface area contributed by atoms with E-state index in [-0.39, 0.29) is 0 Å². The Kier molecular flexibility index (Phi) is 3.51. The fourth-order valence-corrected chi connectivity index (χ4v) is 3.05. The second-order valence-corrected chi connectivity index (χ2v) is 5.62. The number of hydrogen-bond donors (Lipinski definition) is 1. The van der Waals surface area contributed by atoms with Crippen LogP contribution in [-0.4, -0.2) is 24.6 Å². The minimum atomic E-state index is 0.938. The highest BCUT2D eigenvalue weighted by Crippen LogP contribution is 2.32. The fraction of sp³-hybridized carbons (Fsp3) is 0.471. The van der Waals surface area contributed by atoms with E-state index in [4.69, 9.17) is 4.98 Å². The molecule has 3 rings (SSSR count). The summed E-state index contributed by atoms with van der Waals surface area (Å²) in [6.45, 7) is 9.69. The molecular weight excluding hydrogens is 246 g/mol. The zero-order valence-electron chi connectivity index (χ0n) is 12.7. The largest absolute Gasteiger partial charge is 0.385 e. The van der Waals surface area contributed by atoms with Gasteiger partial charge < -0.3 is 10.2 Å². The molecule has 106 valence electrons. The average molecular weight is 269 g/mol. The van der Waals surface area contributed by atoms with Gasteiger partial charge in [-0.15, -0.1) is 0 Å². The van der Waals surface area contributed by atoms with E-state index in [1.807, 2.05) is 0 Å².